The van der Waals surface area contributed by atoms with Crippen LogP contribution in [-0.4, -0.2) is 31.1 Å². The number of hydrogen-bond donors (Lipinski definition) is 2. The van der Waals surface area contributed by atoms with E-state index < -0.39 is 0 Å². The Kier molecular flexibility index (Phi) is 16.0. The molecule has 0 amide bonds. The molecule has 0 bridgehead atoms. The summed E-state index contributed by atoms with van der Waals surface area (Å²) in [5.74, 6) is 0. The van der Waals surface area contributed by atoms with Gasteiger partial charge in [0.2, 0.25) is 0 Å². The standard InChI is InChI=1S/C19H37N3.BrH/c1-2-3-4-5-6-7-8-9-10-11-16-22-17-12-13-19(18-22)21-15-14-20;/h12-13,17,21H,2-11,14-16,18,20H2,1H3;1H. The van der Waals surface area contributed by atoms with Crippen LogP contribution < -0.4 is 11.1 Å². The molecule has 0 aromatic rings. The normalized spacial score (nSPS) is 13.7. The Labute approximate surface area is 154 Å². The zero-order chi connectivity index (χ0) is 15.9. The second-order valence-corrected chi connectivity index (χ2v) is 6.40. The minimum atomic E-state index is 0. The third kappa shape index (κ3) is 12.6. The highest BCUT2D eigenvalue weighted by molar-refractivity contribution is 8.93. The first-order valence-corrected chi connectivity index (χ1v) is 9.42. The van der Waals surface area contributed by atoms with E-state index in [9.17, 15) is 0 Å². The summed E-state index contributed by atoms with van der Waals surface area (Å²) >= 11 is 0. The van der Waals surface area contributed by atoms with Crippen LogP contribution in [0.4, 0.5) is 0 Å². The lowest BCUT2D eigenvalue weighted by Crippen LogP contribution is -2.31. The number of hydrogen-bond acceptors (Lipinski definition) is 3. The molecular formula is C19H38BrN3. The van der Waals surface area contributed by atoms with E-state index in [0.717, 1.165) is 13.1 Å². The Balaban J connectivity index is 0.00000484. The van der Waals surface area contributed by atoms with Crippen LogP contribution in [0.5, 0.6) is 0 Å². The number of allylic oxidation sites excluding steroid dienone is 2. The van der Waals surface area contributed by atoms with E-state index >= 15 is 0 Å². The Morgan fingerprint density at radius 3 is 2.22 bits per heavy atom. The molecule has 0 aromatic heterocycles. The molecule has 0 unspecified atom stereocenters. The summed E-state index contributed by atoms with van der Waals surface area (Å²) in [5.41, 5.74) is 6.82. The van der Waals surface area contributed by atoms with E-state index in [1.807, 2.05) is 0 Å². The first kappa shape index (κ1) is 22.5. The average Bonchev–Trinajstić information content (AvgIpc) is 2.55. The fraction of sp³-hybridized carbons (Fsp3) is 0.789. The quantitative estimate of drug-likeness (QED) is 0.422. The molecule has 0 saturated heterocycles. The van der Waals surface area contributed by atoms with Gasteiger partial charge in [0.25, 0.3) is 0 Å². The Morgan fingerprint density at radius 2 is 1.61 bits per heavy atom. The van der Waals surface area contributed by atoms with E-state index in [0.29, 0.717) is 6.54 Å². The summed E-state index contributed by atoms with van der Waals surface area (Å²) in [4.78, 5) is 2.41. The van der Waals surface area contributed by atoms with Crippen molar-refractivity contribution in [1.29, 1.82) is 0 Å². The highest BCUT2D eigenvalue weighted by Crippen LogP contribution is 2.12. The van der Waals surface area contributed by atoms with Crippen molar-refractivity contribution in [3.63, 3.8) is 0 Å². The molecular weight excluding hydrogens is 350 g/mol. The SMILES string of the molecule is Br.CCCCCCCCCCCCN1C=CC=C(NCCN)C1. The molecule has 0 aromatic carbocycles. The molecule has 4 heteroatoms. The van der Waals surface area contributed by atoms with Crippen molar-refractivity contribution < 1.29 is 0 Å². The van der Waals surface area contributed by atoms with Crippen molar-refractivity contribution in [2.45, 2.75) is 71.1 Å². The van der Waals surface area contributed by atoms with Gasteiger partial charge in [-0.05, 0) is 24.8 Å². The van der Waals surface area contributed by atoms with Crippen molar-refractivity contribution >= 4 is 17.0 Å². The van der Waals surface area contributed by atoms with Crippen LogP contribution in [0.1, 0.15) is 71.1 Å². The average molecular weight is 388 g/mol. The van der Waals surface area contributed by atoms with Crippen LogP contribution in [-0.2, 0) is 0 Å². The van der Waals surface area contributed by atoms with Gasteiger partial charge in [-0.1, -0.05) is 64.7 Å². The van der Waals surface area contributed by atoms with Crippen LogP contribution in [0.15, 0.2) is 24.0 Å². The molecule has 3 nitrogen and oxygen atoms in total. The summed E-state index contributed by atoms with van der Waals surface area (Å²) in [6.07, 6.45) is 20.5. The molecule has 0 saturated carbocycles. The van der Waals surface area contributed by atoms with Gasteiger partial charge in [0.05, 0.1) is 6.54 Å². The smallest absolute Gasteiger partial charge is 0.0571 e. The second-order valence-electron chi connectivity index (χ2n) is 6.40. The van der Waals surface area contributed by atoms with Gasteiger partial charge < -0.3 is 16.0 Å². The van der Waals surface area contributed by atoms with E-state index in [1.165, 1.54) is 76.5 Å². The summed E-state index contributed by atoms with van der Waals surface area (Å²) in [5, 5.41) is 3.38. The number of nitrogens with one attached hydrogen (secondary N) is 1. The Hall–Kier alpha value is -0.480. The molecule has 3 N–H and O–H groups in total. The zero-order valence-corrected chi connectivity index (χ0v) is 16.8. The summed E-state index contributed by atoms with van der Waals surface area (Å²) in [6.45, 7) is 6.03. The maximum absolute atomic E-state index is 5.53. The van der Waals surface area contributed by atoms with Gasteiger partial charge in [-0.3, -0.25) is 0 Å². The number of rotatable bonds is 14. The lowest BCUT2D eigenvalue weighted by atomic mass is 10.1. The summed E-state index contributed by atoms with van der Waals surface area (Å²) in [7, 11) is 0. The third-order valence-corrected chi connectivity index (χ3v) is 4.26. The molecule has 0 atom stereocenters. The monoisotopic (exact) mass is 387 g/mol. The predicted molar refractivity (Wildman–Crippen MR) is 108 cm³/mol. The number of nitrogens with two attached hydrogens (primary N) is 1. The third-order valence-electron chi connectivity index (χ3n) is 4.26. The molecule has 136 valence electrons. The highest BCUT2D eigenvalue weighted by atomic mass is 79.9. The Morgan fingerprint density at radius 1 is 1.00 bits per heavy atom. The summed E-state index contributed by atoms with van der Waals surface area (Å²) < 4.78 is 0. The van der Waals surface area contributed by atoms with Crippen molar-refractivity contribution in [3.8, 4) is 0 Å². The van der Waals surface area contributed by atoms with Gasteiger partial charge in [0.15, 0.2) is 0 Å². The van der Waals surface area contributed by atoms with Gasteiger partial charge >= 0.3 is 0 Å². The topological polar surface area (TPSA) is 41.3 Å². The maximum Gasteiger partial charge on any atom is 0.0571 e. The van der Waals surface area contributed by atoms with Crippen molar-refractivity contribution in [2.24, 2.45) is 5.73 Å². The summed E-state index contributed by atoms with van der Waals surface area (Å²) in [6, 6.07) is 0. The highest BCUT2D eigenvalue weighted by Gasteiger charge is 2.06. The van der Waals surface area contributed by atoms with Crippen LogP contribution in [0.2, 0.25) is 0 Å². The molecule has 1 heterocycles. The van der Waals surface area contributed by atoms with E-state index in [2.05, 4.69) is 35.5 Å². The molecule has 1 rings (SSSR count). The number of nitrogens with zero attached hydrogens (tertiary/aromatic N) is 1. The molecule has 0 fully saturated rings. The minimum absolute atomic E-state index is 0. The van der Waals surface area contributed by atoms with E-state index in [1.54, 1.807) is 0 Å². The molecule has 0 spiro atoms. The second kappa shape index (κ2) is 16.4. The lowest BCUT2D eigenvalue weighted by molar-refractivity contribution is 0.375. The van der Waals surface area contributed by atoms with Gasteiger partial charge in [-0.25, -0.2) is 0 Å². The van der Waals surface area contributed by atoms with Crippen LogP contribution in [0.25, 0.3) is 0 Å². The molecule has 1 aliphatic heterocycles. The van der Waals surface area contributed by atoms with Gasteiger partial charge in [0, 0.05) is 25.3 Å². The van der Waals surface area contributed by atoms with Gasteiger partial charge in [0.1, 0.15) is 0 Å². The van der Waals surface area contributed by atoms with E-state index in [4.69, 9.17) is 5.73 Å². The van der Waals surface area contributed by atoms with Gasteiger partial charge in [-0.15, -0.1) is 17.0 Å². The van der Waals surface area contributed by atoms with Crippen molar-refractivity contribution in [2.75, 3.05) is 26.2 Å². The van der Waals surface area contributed by atoms with Gasteiger partial charge in [-0.2, -0.15) is 0 Å². The molecule has 23 heavy (non-hydrogen) atoms. The zero-order valence-electron chi connectivity index (χ0n) is 15.1. The molecule has 1 aliphatic rings. The largest absolute Gasteiger partial charge is 0.386 e. The predicted octanol–water partition coefficient (Wildman–Crippen LogP) is 4.75. The minimum Gasteiger partial charge on any atom is -0.386 e. The fourth-order valence-corrected chi connectivity index (χ4v) is 2.91. The van der Waals surface area contributed by atoms with Crippen molar-refractivity contribution in [1.82, 2.24) is 10.2 Å². The molecule has 0 aliphatic carbocycles. The first-order chi connectivity index (χ1) is 10.9. The maximum atomic E-state index is 5.53. The van der Waals surface area contributed by atoms with Crippen molar-refractivity contribution in [3.05, 3.63) is 24.0 Å². The van der Waals surface area contributed by atoms with E-state index in [-0.39, 0.29) is 17.0 Å². The number of halogens is 1. The Bertz CT molecular complexity index is 316. The van der Waals surface area contributed by atoms with Crippen LogP contribution >= 0.6 is 17.0 Å². The number of unbranched alkanes of at least 4 members (excludes halogenated alkanes) is 9. The first-order valence-electron chi connectivity index (χ1n) is 9.42. The lowest BCUT2D eigenvalue weighted by Gasteiger charge is -2.25. The van der Waals surface area contributed by atoms with Crippen LogP contribution in [0.3, 0.4) is 0 Å². The fourth-order valence-electron chi connectivity index (χ4n) is 2.91. The molecule has 0 radical (unpaired) electrons. The van der Waals surface area contributed by atoms with Crippen LogP contribution in [0, 0.1) is 0 Å².